The van der Waals surface area contributed by atoms with Crippen LogP contribution in [0.25, 0.3) is 0 Å². The molecule has 0 radical (unpaired) electrons. The van der Waals surface area contributed by atoms with Crippen LogP contribution >= 0.6 is 43.5 Å². The van der Waals surface area contributed by atoms with Gasteiger partial charge in [0.2, 0.25) is 0 Å². The first kappa shape index (κ1) is 21.3. The van der Waals surface area contributed by atoms with E-state index in [4.69, 9.17) is 25.9 Å². The van der Waals surface area contributed by atoms with Gasteiger partial charge in [-0.2, -0.15) is 0 Å². The zero-order chi connectivity index (χ0) is 18.1. The molecule has 0 aliphatic rings. The van der Waals surface area contributed by atoms with Gasteiger partial charge in [0.25, 0.3) is 0 Å². The van der Waals surface area contributed by atoms with Crippen molar-refractivity contribution in [1.29, 1.82) is 0 Å². The molecule has 0 aromatic heterocycles. The highest BCUT2D eigenvalue weighted by atomic mass is 79.9. The molecule has 0 amide bonds. The number of aryl methyl sites for hydroxylation is 1. The van der Waals surface area contributed by atoms with E-state index in [1.165, 1.54) is 0 Å². The first-order valence-corrected chi connectivity index (χ1v) is 9.55. The summed E-state index contributed by atoms with van der Waals surface area (Å²) in [6.45, 7) is 8.96. The minimum Gasteiger partial charge on any atom is -0.489 e. The maximum Gasteiger partial charge on any atom is 0.151 e. The largest absolute Gasteiger partial charge is 0.489 e. The third-order valence-corrected chi connectivity index (χ3v) is 4.02. The summed E-state index contributed by atoms with van der Waals surface area (Å²) < 4.78 is 12.4. The number of halogens is 3. The Morgan fingerprint density at radius 3 is 2.54 bits per heavy atom. The van der Waals surface area contributed by atoms with Gasteiger partial charge in [-0.25, -0.2) is 0 Å². The normalized spacial score (nSPS) is 10.1. The Kier molecular flexibility index (Phi) is 9.78. The van der Waals surface area contributed by atoms with Crippen LogP contribution in [-0.2, 0) is 11.3 Å². The highest BCUT2D eigenvalue weighted by Gasteiger charge is 2.16. The fourth-order valence-electron chi connectivity index (χ4n) is 1.98. The van der Waals surface area contributed by atoms with E-state index in [-0.39, 0.29) is 0 Å². The van der Waals surface area contributed by atoms with Crippen LogP contribution in [0.1, 0.15) is 31.9 Å². The van der Waals surface area contributed by atoms with E-state index >= 15 is 0 Å². The first-order chi connectivity index (χ1) is 11.4. The van der Waals surface area contributed by atoms with Crippen LogP contribution in [0.15, 0.2) is 20.7 Å². The lowest BCUT2D eigenvalue weighted by molar-refractivity contribution is 0.106. The fourth-order valence-corrected chi connectivity index (χ4v) is 2.58. The van der Waals surface area contributed by atoms with Crippen molar-refractivity contribution in [2.75, 3.05) is 19.8 Å². The van der Waals surface area contributed by atoms with Crippen molar-refractivity contribution >= 4 is 49.2 Å². The summed E-state index contributed by atoms with van der Waals surface area (Å²) in [5.74, 6) is 1.44. The van der Waals surface area contributed by atoms with E-state index < -0.39 is 0 Å². The number of oxime groups is 1. The van der Waals surface area contributed by atoms with Crippen LogP contribution in [0.3, 0.4) is 0 Å². The second-order valence-corrected chi connectivity index (χ2v) is 8.34. The van der Waals surface area contributed by atoms with Gasteiger partial charge in [-0.3, -0.25) is 0 Å². The second-order valence-electron chi connectivity index (χ2n) is 5.19. The number of nitrogens with zero attached hydrogens (tertiary/aromatic N) is 1. The summed E-state index contributed by atoms with van der Waals surface area (Å²) >= 11 is 13.1. The van der Waals surface area contributed by atoms with E-state index in [1.807, 2.05) is 39.8 Å². The summed E-state index contributed by atoms with van der Waals surface area (Å²) in [6.07, 6.45) is 2.60. The predicted molar refractivity (Wildman–Crippen MR) is 107 cm³/mol. The minimum atomic E-state index is 0.383. The van der Waals surface area contributed by atoms with Gasteiger partial charge >= 0.3 is 0 Å². The first-order valence-electron chi connectivity index (χ1n) is 7.58. The molecule has 1 aromatic carbocycles. The zero-order valence-corrected chi connectivity index (χ0v) is 18.2. The smallest absolute Gasteiger partial charge is 0.151 e. The zero-order valence-electron chi connectivity index (χ0n) is 14.3. The van der Waals surface area contributed by atoms with Crippen molar-refractivity contribution in [2.24, 2.45) is 5.16 Å². The van der Waals surface area contributed by atoms with Crippen molar-refractivity contribution in [1.82, 2.24) is 0 Å². The molecule has 24 heavy (non-hydrogen) atoms. The van der Waals surface area contributed by atoms with Crippen molar-refractivity contribution in [2.45, 2.75) is 34.1 Å². The molecule has 7 heteroatoms. The molecule has 0 heterocycles. The van der Waals surface area contributed by atoms with Gasteiger partial charge in [-0.15, -0.1) is 0 Å². The number of hydrogen-bond acceptors (Lipinski definition) is 4. The van der Waals surface area contributed by atoms with Crippen LogP contribution in [0.4, 0.5) is 0 Å². The van der Waals surface area contributed by atoms with Gasteiger partial charge in [0.1, 0.15) is 24.7 Å². The molecular weight excluding hydrogens is 461 g/mol. The standard InChI is InChI=1S/C17H22Br2ClNO3/c1-5-13-16(20)14(22-7-6-15(18)19)10-12(4)17(13)23-8-9-24-21-11(2)3/h6,10H,5,7-9H2,1-4H3. The Hall–Kier alpha value is -0.720. The molecule has 0 N–H and O–H groups in total. The Balaban J connectivity index is 2.84. The van der Waals surface area contributed by atoms with Crippen molar-refractivity contribution in [3.63, 3.8) is 0 Å². The number of hydrogen-bond donors (Lipinski definition) is 0. The average molecular weight is 484 g/mol. The molecule has 0 unspecified atom stereocenters. The highest BCUT2D eigenvalue weighted by molar-refractivity contribution is 9.28. The Morgan fingerprint density at radius 2 is 1.96 bits per heavy atom. The van der Waals surface area contributed by atoms with Gasteiger partial charge in [0.05, 0.1) is 14.1 Å². The Bertz CT molecular complexity index is 610. The fraction of sp³-hybridized carbons (Fsp3) is 0.471. The monoisotopic (exact) mass is 481 g/mol. The SMILES string of the molecule is CCc1c(Cl)c(OCC=C(Br)Br)cc(C)c1OCCON=C(C)C. The number of rotatable bonds is 9. The molecule has 4 nitrogen and oxygen atoms in total. The quantitative estimate of drug-likeness (QED) is 0.245. The average Bonchev–Trinajstić information content (AvgIpc) is 2.50. The van der Waals surface area contributed by atoms with Crippen LogP contribution in [0.2, 0.25) is 5.02 Å². The molecule has 1 aromatic rings. The van der Waals surface area contributed by atoms with Crippen molar-refractivity contribution < 1.29 is 14.3 Å². The second kappa shape index (κ2) is 11.0. The van der Waals surface area contributed by atoms with Gasteiger partial charge in [-0.05, 0) is 76.8 Å². The van der Waals surface area contributed by atoms with E-state index in [1.54, 1.807) is 0 Å². The number of ether oxygens (including phenoxy) is 2. The van der Waals surface area contributed by atoms with E-state index in [0.29, 0.717) is 30.6 Å². The van der Waals surface area contributed by atoms with Crippen LogP contribution in [0.5, 0.6) is 11.5 Å². The predicted octanol–water partition coefficient (Wildman–Crippen LogP) is 6.01. The molecule has 0 atom stereocenters. The van der Waals surface area contributed by atoms with Gasteiger partial charge < -0.3 is 14.3 Å². The highest BCUT2D eigenvalue weighted by Crippen LogP contribution is 2.38. The molecule has 0 saturated carbocycles. The lowest BCUT2D eigenvalue weighted by Gasteiger charge is -2.17. The molecule has 0 bridgehead atoms. The van der Waals surface area contributed by atoms with Gasteiger partial charge in [0, 0.05) is 5.56 Å². The Morgan fingerprint density at radius 1 is 1.25 bits per heavy atom. The van der Waals surface area contributed by atoms with Crippen LogP contribution < -0.4 is 9.47 Å². The summed E-state index contributed by atoms with van der Waals surface area (Å²) in [5, 5.41) is 4.46. The number of benzene rings is 1. The topological polar surface area (TPSA) is 40.0 Å². The van der Waals surface area contributed by atoms with E-state index in [2.05, 4.69) is 37.0 Å². The summed E-state index contributed by atoms with van der Waals surface area (Å²) in [7, 11) is 0. The molecule has 1 rings (SSSR count). The summed E-state index contributed by atoms with van der Waals surface area (Å²) in [6, 6.07) is 1.89. The van der Waals surface area contributed by atoms with Gasteiger partial charge in [-0.1, -0.05) is 23.7 Å². The third kappa shape index (κ3) is 7.03. The molecule has 0 saturated heterocycles. The van der Waals surface area contributed by atoms with Crippen LogP contribution in [0, 0.1) is 6.92 Å². The minimum absolute atomic E-state index is 0.383. The molecular formula is C17H22Br2ClNO3. The van der Waals surface area contributed by atoms with Crippen molar-refractivity contribution in [3.8, 4) is 11.5 Å². The summed E-state index contributed by atoms with van der Waals surface area (Å²) in [4.78, 5) is 5.15. The molecule has 134 valence electrons. The molecule has 0 fully saturated rings. The maximum absolute atomic E-state index is 6.48. The maximum atomic E-state index is 6.48. The molecule has 0 aliphatic carbocycles. The lowest BCUT2D eigenvalue weighted by atomic mass is 10.1. The van der Waals surface area contributed by atoms with Crippen molar-refractivity contribution in [3.05, 3.63) is 31.7 Å². The van der Waals surface area contributed by atoms with E-state index in [9.17, 15) is 0 Å². The molecule has 0 aliphatic heterocycles. The summed E-state index contributed by atoms with van der Waals surface area (Å²) in [5.41, 5.74) is 2.78. The van der Waals surface area contributed by atoms with E-state index in [0.717, 1.165) is 32.4 Å². The van der Waals surface area contributed by atoms with Gasteiger partial charge in [0.15, 0.2) is 6.61 Å². The Labute approximate surface area is 165 Å². The third-order valence-electron chi connectivity index (χ3n) is 2.96. The molecule has 0 spiro atoms. The lowest BCUT2D eigenvalue weighted by Crippen LogP contribution is -2.08. The van der Waals surface area contributed by atoms with Crippen LogP contribution in [-0.4, -0.2) is 25.5 Å².